The first-order chi connectivity index (χ1) is 6.98. The number of carbonyl (C=O) groups is 1. The van der Waals surface area contributed by atoms with E-state index < -0.39 is 11.9 Å². The first-order valence-corrected chi connectivity index (χ1v) is 6.31. The highest BCUT2D eigenvalue weighted by molar-refractivity contribution is 7.99. The number of rotatable bonds is 2. The standard InChI is InChI=1S/C10H14F2O2S/c11-10(12)2-6-4-15-5-7(3-10)8(6)1-9(13)14/h6-8H,1-5H2,(H,13,14). The van der Waals surface area contributed by atoms with E-state index in [4.69, 9.17) is 5.11 Å². The van der Waals surface area contributed by atoms with E-state index in [0.717, 1.165) is 0 Å². The van der Waals surface area contributed by atoms with Crippen molar-refractivity contribution in [3.8, 4) is 0 Å². The van der Waals surface area contributed by atoms with Gasteiger partial charge in [-0.1, -0.05) is 0 Å². The van der Waals surface area contributed by atoms with Gasteiger partial charge >= 0.3 is 5.97 Å². The van der Waals surface area contributed by atoms with Gasteiger partial charge in [-0.25, -0.2) is 8.78 Å². The fraction of sp³-hybridized carbons (Fsp3) is 0.900. The van der Waals surface area contributed by atoms with Crippen LogP contribution in [-0.4, -0.2) is 28.5 Å². The molecule has 2 bridgehead atoms. The Kier molecular flexibility index (Phi) is 2.92. The fourth-order valence-corrected chi connectivity index (χ4v) is 4.28. The van der Waals surface area contributed by atoms with Crippen LogP contribution < -0.4 is 0 Å². The van der Waals surface area contributed by atoms with Gasteiger partial charge in [0.05, 0.1) is 0 Å². The molecule has 86 valence electrons. The highest BCUT2D eigenvalue weighted by atomic mass is 32.2. The van der Waals surface area contributed by atoms with E-state index in [9.17, 15) is 13.6 Å². The van der Waals surface area contributed by atoms with E-state index in [0.29, 0.717) is 11.5 Å². The molecule has 1 heterocycles. The summed E-state index contributed by atoms with van der Waals surface area (Å²) >= 11 is 1.69. The third kappa shape index (κ3) is 2.44. The third-order valence-corrected chi connectivity index (χ3v) is 4.73. The average Bonchev–Trinajstić information content (AvgIpc) is 2.05. The predicted octanol–water partition coefficient (Wildman–Crippen LogP) is 2.49. The molecule has 5 heteroatoms. The molecule has 2 fully saturated rings. The molecule has 2 atom stereocenters. The molecular weight excluding hydrogens is 222 g/mol. The minimum atomic E-state index is -2.56. The van der Waals surface area contributed by atoms with Gasteiger partial charge in [-0.05, 0) is 29.3 Å². The van der Waals surface area contributed by atoms with Crippen molar-refractivity contribution in [3.05, 3.63) is 0 Å². The minimum absolute atomic E-state index is 0.0247. The number of aliphatic carboxylic acids is 1. The first kappa shape index (κ1) is 11.2. The number of halogens is 2. The Morgan fingerprint density at radius 3 is 2.33 bits per heavy atom. The van der Waals surface area contributed by atoms with Gasteiger partial charge in [0.2, 0.25) is 5.92 Å². The molecular formula is C10H14F2O2S. The molecule has 1 saturated carbocycles. The van der Waals surface area contributed by atoms with Crippen LogP contribution in [0.4, 0.5) is 8.78 Å². The highest BCUT2D eigenvalue weighted by Gasteiger charge is 2.49. The van der Waals surface area contributed by atoms with Gasteiger partial charge in [0.1, 0.15) is 0 Å². The molecule has 0 radical (unpaired) electrons. The molecule has 2 rings (SSSR count). The van der Waals surface area contributed by atoms with Crippen molar-refractivity contribution >= 4 is 17.7 Å². The lowest BCUT2D eigenvalue weighted by atomic mass is 9.70. The lowest BCUT2D eigenvalue weighted by Gasteiger charge is -2.44. The Labute approximate surface area is 91.4 Å². The molecule has 0 aromatic carbocycles. The van der Waals surface area contributed by atoms with E-state index in [1.54, 1.807) is 11.8 Å². The second-order valence-corrected chi connectivity index (χ2v) is 5.66. The second-order valence-electron chi connectivity index (χ2n) is 4.58. The zero-order valence-corrected chi connectivity index (χ0v) is 9.10. The van der Waals surface area contributed by atoms with Gasteiger partial charge in [-0.2, -0.15) is 11.8 Å². The molecule has 0 aromatic heterocycles. The van der Waals surface area contributed by atoms with Crippen molar-refractivity contribution in [1.29, 1.82) is 0 Å². The molecule has 1 aliphatic carbocycles. The molecule has 2 aliphatic rings. The summed E-state index contributed by atoms with van der Waals surface area (Å²) in [7, 11) is 0. The van der Waals surface area contributed by atoms with Crippen LogP contribution in [0.5, 0.6) is 0 Å². The highest BCUT2D eigenvalue weighted by Crippen LogP contribution is 2.50. The zero-order valence-electron chi connectivity index (χ0n) is 8.29. The van der Waals surface area contributed by atoms with Gasteiger partial charge in [0.15, 0.2) is 0 Å². The monoisotopic (exact) mass is 236 g/mol. The molecule has 0 aromatic rings. The van der Waals surface area contributed by atoms with E-state index in [1.165, 1.54) is 0 Å². The van der Waals surface area contributed by atoms with E-state index in [2.05, 4.69) is 0 Å². The number of carboxylic acids is 1. The summed E-state index contributed by atoms with van der Waals surface area (Å²) in [5.41, 5.74) is 0. The largest absolute Gasteiger partial charge is 0.481 e. The van der Waals surface area contributed by atoms with E-state index in [1.807, 2.05) is 0 Å². The maximum absolute atomic E-state index is 13.3. The molecule has 1 N–H and O–H groups in total. The number of fused-ring (bicyclic) bond motifs is 2. The smallest absolute Gasteiger partial charge is 0.303 e. The summed E-state index contributed by atoms with van der Waals surface area (Å²) in [5.74, 6) is -2.25. The van der Waals surface area contributed by atoms with E-state index in [-0.39, 0.29) is 37.0 Å². The van der Waals surface area contributed by atoms with Crippen molar-refractivity contribution in [2.24, 2.45) is 17.8 Å². The molecule has 1 aliphatic heterocycles. The van der Waals surface area contributed by atoms with Gasteiger partial charge in [0.25, 0.3) is 0 Å². The van der Waals surface area contributed by atoms with Gasteiger partial charge in [0, 0.05) is 19.3 Å². The van der Waals surface area contributed by atoms with Crippen molar-refractivity contribution in [1.82, 2.24) is 0 Å². The third-order valence-electron chi connectivity index (χ3n) is 3.41. The lowest BCUT2D eigenvalue weighted by molar-refractivity contribution is -0.142. The van der Waals surface area contributed by atoms with Crippen LogP contribution in [0.25, 0.3) is 0 Å². The summed E-state index contributed by atoms with van der Waals surface area (Å²) in [5, 5.41) is 8.76. The fourth-order valence-electron chi connectivity index (χ4n) is 2.81. The van der Waals surface area contributed by atoms with Crippen LogP contribution in [0.1, 0.15) is 19.3 Å². The molecule has 1 saturated heterocycles. The van der Waals surface area contributed by atoms with Crippen molar-refractivity contribution in [3.63, 3.8) is 0 Å². The topological polar surface area (TPSA) is 37.3 Å². The normalized spacial score (nSPS) is 38.7. The predicted molar refractivity (Wildman–Crippen MR) is 54.2 cm³/mol. The Bertz CT molecular complexity index is 254. The first-order valence-electron chi connectivity index (χ1n) is 5.15. The minimum Gasteiger partial charge on any atom is -0.481 e. The van der Waals surface area contributed by atoms with Crippen molar-refractivity contribution in [2.75, 3.05) is 11.5 Å². The van der Waals surface area contributed by atoms with Crippen LogP contribution in [0.2, 0.25) is 0 Å². The van der Waals surface area contributed by atoms with Crippen LogP contribution in [0, 0.1) is 17.8 Å². The summed E-state index contributed by atoms with van der Waals surface area (Å²) in [4.78, 5) is 10.7. The molecule has 0 amide bonds. The van der Waals surface area contributed by atoms with Crippen molar-refractivity contribution in [2.45, 2.75) is 25.2 Å². The van der Waals surface area contributed by atoms with Gasteiger partial charge in [-0.15, -0.1) is 0 Å². The summed E-state index contributed by atoms with van der Waals surface area (Å²) in [6, 6.07) is 0. The molecule has 2 unspecified atom stereocenters. The zero-order chi connectivity index (χ0) is 11.1. The quantitative estimate of drug-likeness (QED) is 0.800. The second kappa shape index (κ2) is 3.92. The summed E-state index contributed by atoms with van der Waals surface area (Å²) in [6.07, 6.45) is -0.172. The Balaban J connectivity index is 2.10. The Morgan fingerprint density at radius 1 is 1.33 bits per heavy atom. The van der Waals surface area contributed by atoms with Crippen LogP contribution >= 0.6 is 11.8 Å². The number of hydrogen-bond acceptors (Lipinski definition) is 2. The molecule has 15 heavy (non-hydrogen) atoms. The number of thioether (sulfide) groups is 1. The van der Waals surface area contributed by atoms with Crippen LogP contribution in [0.15, 0.2) is 0 Å². The summed E-state index contributed by atoms with van der Waals surface area (Å²) in [6.45, 7) is 0. The van der Waals surface area contributed by atoms with Crippen molar-refractivity contribution < 1.29 is 18.7 Å². The van der Waals surface area contributed by atoms with E-state index >= 15 is 0 Å². The SMILES string of the molecule is O=C(O)CC1C2CSCC1CC(F)(F)C2. The summed E-state index contributed by atoms with van der Waals surface area (Å²) < 4.78 is 26.6. The average molecular weight is 236 g/mol. The van der Waals surface area contributed by atoms with Gasteiger partial charge < -0.3 is 5.11 Å². The van der Waals surface area contributed by atoms with Crippen LogP contribution in [-0.2, 0) is 4.79 Å². The van der Waals surface area contributed by atoms with Gasteiger partial charge in [-0.3, -0.25) is 4.79 Å². The number of hydrogen-bond donors (Lipinski definition) is 1. The number of alkyl halides is 2. The molecule has 0 spiro atoms. The Morgan fingerprint density at radius 2 is 1.87 bits per heavy atom. The lowest BCUT2D eigenvalue weighted by Crippen LogP contribution is -2.44. The van der Waals surface area contributed by atoms with Crippen LogP contribution in [0.3, 0.4) is 0 Å². The maximum Gasteiger partial charge on any atom is 0.303 e. The number of carboxylic acid groups (broad SMARTS) is 1. The Hall–Kier alpha value is -0.320. The maximum atomic E-state index is 13.3. The molecule has 2 nitrogen and oxygen atoms in total.